The maximum atomic E-state index is 13.5. The Hall–Kier alpha value is -6.28. The Balaban J connectivity index is 0.746. The Labute approximate surface area is 394 Å². The van der Waals surface area contributed by atoms with E-state index in [2.05, 4.69) is 25.5 Å². The van der Waals surface area contributed by atoms with E-state index in [1.165, 1.54) is 30.7 Å². The molecule has 0 radical (unpaired) electrons. The predicted octanol–water partition coefficient (Wildman–Crippen LogP) is 7.23. The molecule has 1 fully saturated rings. The molecule has 5 aromatic rings. The lowest BCUT2D eigenvalue weighted by atomic mass is 9.77. The summed E-state index contributed by atoms with van der Waals surface area (Å²) in [7, 11) is 3.21. The summed E-state index contributed by atoms with van der Waals surface area (Å²) in [5.74, 6) is 2.14. The van der Waals surface area contributed by atoms with E-state index in [9.17, 15) is 24.6 Å². The highest BCUT2D eigenvalue weighted by molar-refractivity contribution is 8.76. The van der Waals surface area contributed by atoms with Gasteiger partial charge in [-0.3, -0.25) is 9.69 Å². The van der Waals surface area contributed by atoms with E-state index in [-0.39, 0.29) is 30.4 Å². The number of hydrogen-bond acceptors (Lipinski definition) is 15. The number of nitrogen functional groups attached to an aromatic ring is 1. The Morgan fingerprint density at radius 2 is 1.68 bits per heavy atom. The van der Waals surface area contributed by atoms with Crippen LogP contribution in [0.1, 0.15) is 63.1 Å². The molecule has 3 aromatic carbocycles. The first kappa shape index (κ1) is 44.9. The Kier molecular flexibility index (Phi) is 13.1. The van der Waals surface area contributed by atoms with Gasteiger partial charge in [0.25, 0.3) is 0 Å². The molecule has 0 atom stereocenters. The van der Waals surface area contributed by atoms with Crippen LogP contribution < -0.4 is 30.9 Å². The molecule has 19 heteroatoms. The molecule has 16 nitrogen and oxygen atoms in total. The summed E-state index contributed by atoms with van der Waals surface area (Å²) in [4.78, 5) is 54.6. The first-order valence-corrected chi connectivity index (χ1v) is 24.6. The first-order chi connectivity index (χ1) is 32.0. The molecule has 1 saturated heterocycles. The third-order valence-electron chi connectivity index (χ3n) is 11.9. The summed E-state index contributed by atoms with van der Waals surface area (Å²) >= 11 is 5.57. The highest BCUT2D eigenvalue weighted by Gasteiger charge is 2.53. The van der Waals surface area contributed by atoms with Crippen molar-refractivity contribution < 1.29 is 38.8 Å². The van der Waals surface area contributed by atoms with Gasteiger partial charge in [-0.15, -0.1) is 0 Å². The number of aromatic hydroxyl groups is 2. The van der Waals surface area contributed by atoms with E-state index in [4.69, 9.17) is 32.2 Å². The smallest absolute Gasteiger partial charge is 0.415 e. The van der Waals surface area contributed by atoms with Crippen molar-refractivity contribution in [1.29, 1.82) is 0 Å². The number of pyridine rings is 2. The number of nitrogens with zero attached hydrogens (tertiary/aromatic N) is 5. The van der Waals surface area contributed by atoms with Crippen LogP contribution in [0.3, 0.4) is 0 Å². The maximum absolute atomic E-state index is 13.5. The molecule has 2 amide bonds. The van der Waals surface area contributed by atoms with E-state index in [1.54, 1.807) is 67.9 Å². The number of benzene rings is 3. The van der Waals surface area contributed by atoms with Crippen LogP contribution in [-0.2, 0) is 32.8 Å². The van der Waals surface area contributed by atoms with Gasteiger partial charge in [0.1, 0.15) is 41.2 Å². The minimum atomic E-state index is -1.35. The number of esters is 1. The van der Waals surface area contributed by atoms with Crippen molar-refractivity contribution in [3.63, 3.8) is 0 Å². The Bertz CT molecular complexity index is 2650. The highest BCUT2D eigenvalue weighted by Crippen LogP contribution is 2.57. The standard InChI is InChI=1S/C47H48N8O8S3/c1-28-21-38-34(43(48)51-28)25-42(58)55(38)27-29-5-12-41(50-26-29)54(17-16-53-14-3-2-4-15-53)46(60)61-18-20-66-65-19-13-49-45(64)52-30-6-9-35-33(22-30)44(59)63-47(35)36-10-7-31(56)23-39(36)62-40-24-32(57)8-11-37(40)47/h5-12,21-24,26,56-57H,2-4,13-20,25,27H2,1H3,(H2,48,51)(H2,49,52,64). The third-order valence-corrected chi connectivity index (χ3v) is 14.5. The highest BCUT2D eigenvalue weighted by atomic mass is 33.1. The van der Waals surface area contributed by atoms with Crippen molar-refractivity contribution in [3.05, 3.63) is 118 Å². The molecule has 342 valence electrons. The number of piperidine rings is 1. The summed E-state index contributed by atoms with van der Waals surface area (Å²) in [6, 6.07) is 20.1. The zero-order valence-corrected chi connectivity index (χ0v) is 38.5. The average molecular weight is 949 g/mol. The number of aryl methyl sites for hydroxylation is 1. The van der Waals surface area contributed by atoms with E-state index in [0.717, 1.165) is 48.4 Å². The lowest BCUT2D eigenvalue weighted by molar-refractivity contribution is -0.117. The van der Waals surface area contributed by atoms with Crippen LogP contribution in [0.15, 0.2) is 79.0 Å². The van der Waals surface area contributed by atoms with Gasteiger partial charge in [-0.25, -0.2) is 19.6 Å². The zero-order valence-electron chi connectivity index (χ0n) is 36.1. The molecular formula is C47H48N8O8S3. The van der Waals surface area contributed by atoms with Gasteiger partial charge in [-0.2, -0.15) is 0 Å². The van der Waals surface area contributed by atoms with Gasteiger partial charge in [0.2, 0.25) is 5.91 Å². The van der Waals surface area contributed by atoms with E-state index >= 15 is 0 Å². The molecule has 2 aromatic heterocycles. The minimum absolute atomic E-state index is 0.0170. The molecular weight excluding hydrogens is 901 g/mol. The number of phenols is 2. The summed E-state index contributed by atoms with van der Waals surface area (Å²) in [5.41, 5.74) is 10.5. The van der Waals surface area contributed by atoms with Crippen LogP contribution in [0.4, 0.5) is 27.8 Å². The number of ether oxygens (including phenoxy) is 3. The maximum Gasteiger partial charge on any atom is 0.415 e. The number of likely N-dealkylation sites (tertiary alicyclic amines) is 1. The molecule has 1 spiro atoms. The molecule has 0 aliphatic carbocycles. The summed E-state index contributed by atoms with van der Waals surface area (Å²) in [5, 5.41) is 27.1. The topological polar surface area (TPSA) is 205 Å². The van der Waals surface area contributed by atoms with Crippen molar-refractivity contribution in [2.45, 2.75) is 44.8 Å². The van der Waals surface area contributed by atoms with Gasteiger partial charge in [0.05, 0.1) is 24.2 Å². The van der Waals surface area contributed by atoms with Crippen molar-refractivity contribution in [2.75, 3.05) is 71.7 Å². The van der Waals surface area contributed by atoms with Crippen LogP contribution in [-0.4, -0.2) is 99.0 Å². The van der Waals surface area contributed by atoms with E-state index < -0.39 is 17.7 Å². The number of thiocarbonyl (C=S) groups is 1. The number of aromatic nitrogens is 2. The number of anilines is 4. The van der Waals surface area contributed by atoms with Crippen LogP contribution >= 0.6 is 33.8 Å². The largest absolute Gasteiger partial charge is 0.508 e. The molecule has 0 saturated carbocycles. The van der Waals surface area contributed by atoms with Crippen molar-refractivity contribution in [2.24, 2.45) is 0 Å². The molecule has 4 aliphatic rings. The first-order valence-electron chi connectivity index (χ1n) is 21.7. The van der Waals surface area contributed by atoms with Gasteiger partial charge in [0.15, 0.2) is 10.7 Å². The fourth-order valence-electron chi connectivity index (χ4n) is 8.78. The molecule has 9 rings (SSSR count). The number of phenolic OH excluding ortho intramolecular Hbond substituents is 2. The number of rotatable bonds is 14. The fraction of sp³-hybridized carbons (Fsp3) is 0.319. The number of fused-ring (bicyclic) bond motifs is 7. The van der Waals surface area contributed by atoms with Crippen molar-refractivity contribution in [3.8, 4) is 23.0 Å². The van der Waals surface area contributed by atoms with Crippen molar-refractivity contribution in [1.82, 2.24) is 20.2 Å². The Morgan fingerprint density at radius 3 is 2.41 bits per heavy atom. The van der Waals surface area contributed by atoms with Gasteiger partial charge < -0.3 is 50.6 Å². The lowest BCUT2D eigenvalue weighted by Gasteiger charge is -2.36. The second-order valence-corrected chi connectivity index (χ2v) is 19.4. The monoisotopic (exact) mass is 948 g/mol. The number of nitrogens with two attached hydrogens (primary N) is 1. The number of hydrogen-bond donors (Lipinski definition) is 5. The van der Waals surface area contributed by atoms with Gasteiger partial charge in [-0.05, 0) is 99.2 Å². The number of nitrogens with one attached hydrogen (secondary N) is 2. The minimum Gasteiger partial charge on any atom is -0.508 e. The Morgan fingerprint density at radius 1 is 0.955 bits per heavy atom. The van der Waals surface area contributed by atoms with Crippen LogP contribution in [0.25, 0.3) is 0 Å². The van der Waals surface area contributed by atoms with Gasteiger partial charge in [-0.1, -0.05) is 40.1 Å². The van der Waals surface area contributed by atoms with E-state index in [0.29, 0.717) is 93.9 Å². The number of carbonyl (C=O) groups is 3. The second kappa shape index (κ2) is 19.3. The number of amides is 2. The van der Waals surface area contributed by atoms with Crippen LogP contribution in [0.5, 0.6) is 23.0 Å². The quantitative estimate of drug-likeness (QED) is 0.0322. The molecule has 4 aliphatic heterocycles. The molecule has 66 heavy (non-hydrogen) atoms. The van der Waals surface area contributed by atoms with Crippen LogP contribution in [0.2, 0.25) is 0 Å². The molecule has 6 N–H and O–H groups in total. The number of carbonyl (C=O) groups excluding carboxylic acids is 3. The summed E-state index contributed by atoms with van der Waals surface area (Å²) in [6.07, 6.45) is 4.95. The summed E-state index contributed by atoms with van der Waals surface area (Å²) < 4.78 is 18.0. The van der Waals surface area contributed by atoms with Gasteiger partial charge in [0, 0.05) is 83.1 Å². The molecule has 6 heterocycles. The predicted molar refractivity (Wildman–Crippen MR) is 259 cm³/mol. The van der Waals surface area contributed by atoms with Crippen molar-refractivity contribution >= 4 is 79.9 Å². The van der Waals surface area contributed by atoms with Crippen LogP contribution in [0, 0.1) is 6.92 Å². The third kappa shape index (κ3) is 9.25. The fourth-order valence-corrected chi connectivity index (χ4v) is 10.7. The normalized spacial score (nSPS) is 15.6. The second-order valence-electron chi connectivity index (χ2n) is 16.3. The molecule has 0 bridgehead atoms. The average Bonchev–Trinajstić information content (AvgIpc) is 3.77. The lowest BCUT2D eigenvalue weighted by Crippen LogP contribution is -2.41. The SMILES string of the molecule is Cc1cc2c(c(N)n1)CC(=O)N2Cc1ccc(N(CCN2CCCCC2)C(=O)OCCSSCCNC(=S)Nc2ccc3c(c2)C(=O)OC32c3ccc(O)cc3Oc3cc(O)ccc32)nc1. The van der Waals surface area contributed by atoms with Gasteiger partial charge >= 0.3 is 12.1 Å². The molecule has 0 unspecified atom stereocenters. The van der Waals surface area contributed by atoms with E-state index in [1.807, 2.05) is 25.1 Å². The zero-order chi connectivity index (χ0) is 46.0. The summed E-state index contributed by atoms with van der Waals surface area (Å²) in [6.45, 7) is 6.09.